The normalized spacial score (nSPS) is 18.4. The van der Waals surface area contributed by atoms with Crippen LogP contribution in [0, 0.1) is 13.8 Å². The van der Waals surface area contributed by atoms with Crippen molar-refractivity contribution in [3.05, 3.63) is 64.1 Å². The third kappa shape index (κ3) is 3.82. The summed E-state index contributed by atoms with van der Waals surface area (Å²) in [7, 11) is 0. The minimum Gasteiger partial charge on any atom is -0.366 e. The number of halogens is 1. The maximum atomic E-state index is 4.57. The molecule has 0 saturated carbocycles. The van der Waals surface area contributed by atoms with E-state index >= 15 is 0 Å². The van der Waals surface area contributed by atoms with Gasteiger partial charge in [-0.2, -0.15) is 5.10 Å². The molecule has 0 bridgehead atoms. The van der Waals surface area contributed by atoms with Crippen LogP contribution in [-0.4, -0.2) is 43.8 Å². The molecule has 28 heavy (non-hydrogen) atoms. The first-order valence-electron chi connectivity index (χ1n) is 9.62. The van der Waals surface area contributed by atoms with Crippen LogP contribution in [-0.2, 0) is 0 Å². The van der Waals surface area contributed by atoms with E-state index in [1.165, 1.54) is 5.56 Å². The number of rotatable bonds is 5. The molecule has 2 atom stereocenters. The Morgan fingerprint density at radius 2 is 1.96 bits per heavy atom. The van der Waals surface area contributed by atoms with Gasteiger partial charge >= 0.3 is 0 Å². The second-order valence-electron chi connectivity index (χ2n) is 7.37. The molecule has 2 unspecified atom stereocenters. The van der Waals surface area contributed by atoms with Crippen molar-refractivity contribution in [1.82, 2.24) is 24.6 Å². The average molecular weight is 441 g/mol. The lowest BCUT2D eigenvalue weighted by atomic mass is 10.1. The van der Waals surface area contributed by atoms with Gasteiger partial charge in [-0.3, -0.25) is 4.90 Å². The van der Waals surface area contributed by atoms with Gasteiger partial charge < -0.3 is 5.32 Å². The molecular formula is C21H25BrN6. The molecule has 7 heteroatoms. The van der Waals surface area contributed by atoms with Gasteiger partial charge in [0, 0.05) is 31.2 Å². The Labute approximate surface area is 174 Å². The maximum absolute atomic E-state index is 4.57. The molecule has 1 aliphatic rings. The Hall–Kier alpha value is -2.25. The summed E-state index contributed by atoms with van der Waals surface area (Å²) in [5.74, 6) is 1.61. The summed E-state index contributed by atoms with van der Waals surface area (Å²) in [6, 6.07) is 13.5. The Bertz CT molecular complexity index is 955. The minimum absolute atomic E-state index is 0.376. The third-order valence-corrected chi connectivity index (χ3v) is 6.62. The lowest BCUT2D eigenvalue weighted by Gasteiger charge is -2.25. The zero-order valence-corrected chi connectivity index (χ0v) is 18.0. The first-order chi connectivity index (χ1) is 13.5. The standard InChI is InChI=1S/C21H25BrN6/c1-14-21(22)16(3)28(26-14)20-11-19(23-13-24-20)25-18-9-10-27(12-18)15(2)17-7-5-4-6-8-17/h4-8,11,13,15,18H,9-10,12H2,1-3H3,(H,23,24,25). The molecule has 1 aliphatic heterocycles. The van der Waals surface area contributed by atoms with Gasteiger partial charge in [-0.1, -0.05) is 30.3 Å². The zero-order chi connectivity index (χ0) is 19.7. The summed E-state index contributed by atoms with van der Waals surface area (Å²) < 4.78 is 2.87. The lowest BCUT2D eigenvalue weighted by Crippen LogP contribution is -2.28. The van der Waals surface area contributed by atoms with Crippen molar-refractivity contribution >= 4 is 21.7 Å². The van der Waals surface area contributed by atoms with Crippen LogP contribution in [0.25, 0.3) is 5.82 Å². The number of aryl methyl sites for hydroxylation is 1. The number of hydrogen-bond donors (Lipinski definition) is 1. The van der Waals surface area contributed by atoms with Crippen molar-refractivity contribution in [2.45, 2.75) is 39.3 Å². The molecule has 1 fully saturated rings. The quantitative estimate of drug-likeness (QED) is 0.640. The smallest absolute Gasteiger partial charge is 0.159 e. The number of nitrogens with one attached hydrogen (secondary N) is 1. The van der Waals surface area contributed by atoms with Crippen molar-refractivity contribution in [3.63, 3.8) is 0 Å². The molecule has 0 radical (unpaired) electrons. The van der Waals surface area contributed by atoms with Gasteiger partial charge in [0.1, 0.15) is 12.1 Å². The molecule has 1 aromatic carbocycles. The average Bonchev–Trinajstić information content (AvgIpc) is 3.28. The Kier molecular flexibility index (Phi) is 5.46. The highest BCUT2D eigenvalue weighted by Gasteiger charge is 2.27. The summed E-state index contributed by atoms with van der Waals surface area (Å²) in [5.41, 5.74) is 3.35. The van der Waals surface area contributed by atoms with Gasteiger partial charge in [-0.05, 0) is 48.7 Å². The lowest BCUT2D eigenvalue weighted by molar-refractivity contribution is 0.261. The van der Waals surface area contributed by atoms with Gasteiger partial charge in [0.15, 0.2) is 5.82 Å². The highest BCUT2D eigenvalue weighted by molar-refractivity contribution is 9.10. The van der Waals surface area contributed by atoms with Crippen molar-refractivity contribution in [2.75, 3.05) is 18.4 Å². The van der Waals surface area contributed by atoms with Crippen LogP contribution in [0.3, 0.4) is 0 Å². The summed E-state index contributed by atoms with van der Waals surface area (Å²) in [6.07, 6.45) is 2.70. The maximum Gasteiger partial charge on any atom is 0.159 e. The van der Waals surface area contributed by atoms with E-state index in [1.807, 2.05) is 24.6 Å². The second-order valence-corrected chi connectivity index (χ2v) is 8.16. The first-order valence-corrected chi connectivity index (χ1v) is 10.4. The van der Waals surface area contributed by atoms with Crippen LogP contribution in [0.1, 0.15) is 36.3 Å². The molecule has 1 saturated heterocycles. The number of anilines is 1. The van der Waals surface area contributed by atoms with Gasteiger partial charge in [0.25, 0.3) is 0 Å². The molecule has 0 aliphatic carbocycles. The summed E-state index contributed by atoms with van der Waals surface area (Å²) >= 11 is 3.58. The van der Waals surface area contributed by atoms with E-state index in [2.05, 4.69) is 78.5 Å². The Morgan fingerprint density at radius 1 is 1.18 bits per heavy atom. The van der Waals surface area contributed by atoms with Gasteiger partial charge in [-0.15, -0.1) is 0 Å². The second kappa shape index (κ2) is 8.01. The van der Waals surface area contributed by atoms with Crippen LogP contribution in [0.2, 0.25) is 0 Å². The summed E-state index contributed by atoms with van der Waals surface area (Å²) in [6.45, 7) is 8.37. The van der Waals surface area contributed by atoms with E-state index in [0.717, 1.165) is 47.0 Å². The molecule has 1 N–H and O–H groups in total. The highest BCUT2D eigenvalue weighted by Crippen LogP contribution is 2.26. The van der Waals surface area contributed by atoms with Crippen molar-refractivity contribution in [1.29, 1.82) is 0 Å². The number of nitrogens with zero attached hydrogens (tertiary/aromatic N) is 5. The molecule has 3 aromatic rings. The van der Waals surface area contributed by atoms with Crippen molar-refractivity contribution in [2.24, 2.45) is 0 Å². The molecule has 0 amide bonds. The van der Waals surface area contributed by atoms with E-state index in [9.17, 15) is 0 Å². The fraction of sp³-hybridized carbons (Fsp3) is 0.381. The van der Waals surface area contributed by atoms with E-state index in [1.54, 1.807) is 6.33 Å². The molecule has 0 spiro atoms. The fourth-order valence-electron chi connectivity index (χ4n) is 3.80. The molecule has 146 valence electrons. The number of aromatic nitrogens is 4. The van der Waals surface area contributed by atoms with Crippen molar-refractivity contribution in [3.8, 4) is 5.82 Å². The van der Waals surface area contributed by atoms with Gasteiger partial charge in [0.05, 0.1) is 15.9 Å². The van der Waals surface area contributed by atoms with E-state index in [-0.39, 0.29) is 0 Å². The van der Waals surface area contributed by atoms with Gasteiger partial charge in [-0.25, -0.2) is 14.6 Å². The van der Waals surface area contributed by atoms with Crippen molar-refractivity contribution < 1.29 is 0 Å². The van der Waals surface area contributed by atoms with Crippen LogP contribution in [0.5, 0.6) is 0 Å². The topological polar surface area (TPSA) is 58.9 Å². The molecular weight excluding hydrogens is 416 g/mol. The van der Waals surface area contributed by atoms with Crippen LogP contribution >= 0.6 is 15.9 Å². The van der Waals surface area contributed by atoms with Crippen LogP contribution < -0.4 is 5.32 Å². The largest absolute Gasteiger partial charge is 0.366 e. The highest BCUT2D eigenvalue weighted by atomic mass is 79.9. The van der Waals surface area contributed by atoms with E-state index in [4.69, 9.17) is 0 Å². The Morgan fingerprint density at radius 3 is 2.68 bits per heavy atom. The molecule has 3 heterocycles. The summed E-state index contributed by atoms with van der Waals surface area (Å²) in [4.78, 5) is 11.3. The number of likely N-dealkylation sites (tertiary alicyclic amines) is 1. The summed E-state index contributed by atoms with van der Waals surface area (Å²) in [5, 5.41) is 8.15. The minimum atomic E-state index is 0.376. The predicted molar refractivity (Wildman–Crippen MR) is 115 cm³/mol. The van der Waals surface area contributed by atoms with E-state index < -0.39 is 0 Å². The molecule has 4 rings (SSSR count). The monoisotopic (exact) mass is 440 g/mol. The SMILES string of the molecule is Cc1nn(-c2cc(NC3CCN(C(C)c4ccccc4)C3)ncn2)c(C)c1Br. The van der Waals surface area contributed by atoms with Crippen LogP contribution in [0.15, 0.2) is 47.2 Å². The molecule has 2 aromatic heterocycles. The first kappa shape index (κ1) is 19.1. The van der Waals surface area contributed by atoms with E-state index in [0.29, 0.717) is 12.1 Å². The van der Waals surface area contributed by atoms with Gasteiger partial charge in [0.2, 0.25) is 0 Å². The van der Waals surface area contributed by atoms with Crippen LogP contribution in [0.4, 0.5) is 5.82 Å². The zero-order valence-electron chi connectivity index (χ0n) is 16.4. The molecule has 6 nitrogen and oxygen atoms in total. The number of hydrogen-bond acceptors (Lipinski definition) is 5. The third-order valence-electron chi connectivity index (χ3n) is 5.47. The Balaban J connectivity index is 1.45. The predicted octanol–water partition coefficient (Wildman–Crippen LogP) is 4.29. The number of benzene rings is 1. The fourth-order valence-corrected chi connectivity index (χ4v) is 4.04.